The molecule has 0 radical (unpaired) electrons. The quantitative estimate of drug-likeness (QED) is 0.110. The highest BCUT2D eigenvalue weighted by molar-refractivity contribution is 6.30. The Balaban J connectivity index is 0.000000122. The summed E-state index contributed by atoms with van der Waals surface area (Å²) in [6.45, 7) is 2.71. The molecular weight excluding hydrogens is 1720 g/mol. The molecule has 130 heavy (non-hydrogen) atoms. The van der Waals surface area contributed by atoms with Crippen molar-refractivity contribution < 1.29 is 101 Å². The lowest BCUT2D eigenvalue weighted by molar-refractivity contribution is -0.139. The standard InChI is InChI=1S/C25H19F4N3O3.C24H23ClN2O3.C24H21F3N2O3.C24H23F2N3O4/c1-34-20-6-2-15(12-18(20)25(27,28)29)23(33)31-10-8-24(9-11-31)22-7-4-17(14-30)32(22)19-5-3-16(26)13-21(19)35-24;1-2-29-19-6-3-5-17(15-19)23(28)26-13-10-24(11-14-26)22-7-4-12-27(22)20-9-8-18(25)16-21(20)30-24;1-31-19-9-8-16(15-17(19)24(25,26)27)22(30)28-13-10-23(11-14-28)21-7-4-12-29(21)18-5-2-3-6-20(18)32-23;1-28-21-17-13-15(31-2)7-8-20(17)33-24(18(21)14-27-28)9-11-29(12-10-24)22(30)16-5-3-4-6-19(16)32-23(25)26/h2-7,12-13H,8-11H2,1H3;3-9,12,15-16H,2,10-11,13-14H2,1H3;2-9,12,15H,10-11,13-14H2,1H3;3-8,13-14,23H,9-12H2,1-2H3. The Morgan fingerprint density at radius 2 is 0.992 bits per heavy atom. The molecule has 4 saturated heterocycles. The van der Waals surface area contributed by atoms with Crippen molar-refractivity contribution in [2.45, 2.75) is 99.7 Å². The number of fused-ring (bicyclic) bond motifs is 16. The molecule has 12 heterocycles. The number of aryl methyl sites for hydroxylation is 1. The van der Waals surface area contributed by atoms with Gasteiger partial charge in [0.25, 0.3) is 23.6 Å². The van der Waals surface area contributed by atoms with E-state index in [0.29, 0.717) is 112 Å². The number of nitriles is 1. The minimum atomic E-state index is -4.67. The zero-order chi connectivity index (χ0) is 91.3. The van der Waals surface area contributed by atoms with Crippen LogP contribution in [0.3, 0.4) is 0 Å². The number of benzene rings is 8. The molecule has 0 atom stereocenters. The van der Waals surface area contributed by atoms with Gasteiger partial charge in [-0.25, -0.2) is 4.39 Å². The molecule has 8 aliphatic heterocycles. The summed E-state index contributed by atoms with van der Waals surface area (Å²) < 4.78 is 179. The summed E-state index contributed by atoms with van der Waals surface area (Å²) >= 11 is 6.22. The lowest BCUT2D eigenvalue weighted by atomic mass is 9.81. The van der Waals surface area contributed by atoms with Crippen molar-refractivity contribution in [3.05, 3.63) is 291 Å². The van der Waals surface area contributed by atoms with Crippen molar-refractivity contribution in [2.24, 2.45) is 7.05 Å². The summed E-state index contributed by atoms with van der Waals surface area (Å²) in [5.41, 5.74) is 4.72. The average Bonchev–Trinajstić information content (AvgIpc) is 1.49. The Labute approximate surface area is 745 Å². The van der Waals surface area contributed by atoms with Crippen LogP contribution in [0.1, 0.15) is 139 Å². The summed E-state index contributed by atoms with van der Waals surface area (Å²) in [5, 5.41) is 14.7. The smallest absolute Gasteiger partial charge is 0.419 e. The Morgan fingerprint density at radius 3 is 1.55 bits per heavy atom. The molecule has 33 heteroatoms. The molecule has 4 aromatic heterocycles. The van der Waals surface area contributed by atoms with E-state index in [2.05, 4.69) is 37.3 Å². The maximum Gasteiger partial charge on any atom is 0.419 e. The number of piperidine rings is 4. The summed E-state index contributed by atoms with van der Waals surface area (Å²) in [5.74, 6) is 1.49. The van der Waals surface area contributed by atoms with Crippen LogP contribution in [0.2, 0.25) is 5.02 Å². The Hall–Kier alpha value is -14.0. The number of carbonyl (C=O) groups excluding carboxylic acids is 4. The molecule has 23 nitrogen and oxygen atoms in total. The molecule has 4 amide bonds. The van der Waals surface area contributed by atoms with Gasteiger partial charge in [-0.15, -0.1) is 0 Å². The number of ether oxygens (including phenoxy) is 9. The minimum absolute atomic E-state index is 0.00708. The van der Waals surface area contributed by atoms with Gasteiger partial charge >= 0.3 is 19.0 Å². The Morgan fingerprint density at radius 1 is 0.485 bits per heavy atom. The van der Waals surface area contributed by atoms with Gasteiger partial charge in [-0.1, -0.05) is 41.9 Å². The van der Waals surface area contributed by atoms with Crippen LogP contribution in [-0.4, -0.2) is 154 Å². The summed E-state index contributed by atoms with van der Waals surface area (Å²) in [7, 11) is 5.82. The zero-order valence-corrected chi connectivity index (χ0v) is 71.7. The predicted molar refractivity (Wildman–Crippen MR) is 459 cm³/mol. The highest BCUT2D eigenvalue weighted by Crippen LogP contribution is 2.54. The van der Waals surface area contributed by atoms with Crippen molar-refractivity contribution >= 4 is 35.2 Å². The molecule has 8 aliphatic rings. The number of rotatable bonds is 11. The molecule has 4 fully saturated rings. The molecule has 8 aromatic carbocycles. The van der Waals surface area contributed by atoms with Crippen LogP contribution in [0.15, 0.2) is 219 Å². The van der Waals surface area contributed by atoms with Crippen LogP contribution in [0.25, 0.3) is 28.3 Å². The molecule has 0 N–H and O–H groups in total. The predicted octanol–water partition coefficient (Wildman–Crippen LogP) is 19.3. The van der Waals surface area contributed by atoms with Crippen molar-refractivity contribution in [1.29, 1.82) is 5.26 Å². The van der Waals surface area contributed by atoms with Gasteiger partial charge in [0.05, 0.1) is 90.7 Å². The monoisotopic (exact) mass is 1800 g/mol. The number of likely N-dealkylation sites (tertiary alicyclic amines) is 4. The minimum Gasteiger partial charge on any atom is -0.497 e. The van der Waals surface area contributed by atoms with Gasteiger partial charge in [0.15, 0.2) is 16.8 Å². The number of hydrogen-bond donors (Lipinski definition) is 0. The molecule has 0 unspecified atom stereocenters. The van der Waals surface area contributed by atoms with E-state index in [1.165, 1.54) is 54.5 Å². The summed E-state index contributed by atoms with van der Waals surface area (Å²) in [6.07, 6.45) is 0.826. The van der Waals surface area contributed by atoms with Gasteiger partial charge in [-0.2, -0.15) is 45.5 Å². The number of amides is 4. The number of para-hydroxylation sites is 3. The first-order chi connectivity index (χ1) is 62.5. The highest BCUT2D eigenvalue weighted by Gasteiger charge is 2.51. The normalized spacial score (nSPS) is 16.4. The van der Waals surface area contributed by atoms with Crippen molar-refractivity contribution in [3.63, 3.8) is 0 Å². The zero-order valence-electron chi connectivity index (χ0n) is 70.9. The average molecular weight is 1810 g/mol. The first kappa shape index (κ1) is 88.1. The van der Waals surface area contributed by atoms with Crippen LogP contribution >= 0.6 is 11.6 Å². The first-order valence-corrected chi connectivity index (χ1v) is 42.5. The van der Waals surface area contributed by atoms with Crippen molar-refractivity contribution in [1.82, 2.24) is 43.1 Å². The van der Waals surface area contributed by atoms with Crippen LogP contribution < -0.4 is 42.6 Å². The van der Waals surface area contributed by atoms with E-state index in [9.17, 15) is 64.0 Å². The van der Waals surface area contributed by atoms with Crippen LogP contribution in [0, 0.1) is 17.1 Å². The molecule has 20 rings (SSSR count). The third-order valence-electron chi connectivity index (χ3n) is 25.1. The summed E-state index contributed by atoms with van der Waals surface area (Å²) in [6, 6.07) is 57.1. The van der Waals surface area contributed by atoms with E-state index in [4.69, 9.17) is 49.5 Å². The lowest BCUT2D eigenvalue weighted by Crippen LogP contribution is -2.50. The largest absolute Gasteiger partial charge is 0.497 e. The van der Waals surface area contributed by atoms with Gasteiger partial charge in [0.1, 0.15) is 74.9 Å². The van der Waals surface area contributed by atoms with Gasteiger partial charge in [0, 0.05) is 168 Å². The topological polar surface area (TPSA) is 221 Å². The lowest BCUT2D eigenvalue weighted by Gasteiger charge is -2.45. The second kappa shape index (κ2) is 35.2. The van der Waals surface area contributed by atoms with Gasteiger partial charge in [-0.05, 0) is 165 Å². The molecule has 0 aliphatic carbocycles. The molecule has 0 saturated carbocycles. The van der Waals surface area contributed by atoms with Crippen LogP contribution in [0.4, 0.5) is 39.5 Å². The van der Waals surface area contributed by atoms with Gasteiger partial charge in [0.2, 0.25) is 0 Å². The molecule has 12 aromatic rings. The molecule has 672 valence electrons. The van der Waals surface area contributed by atoms with Gasteiger partial charge in [-0.3, -0.25) is 28.4 Å². The van der Waals surface area contributed by atoms with Crippen molar-refractivity contribution in [2.75, 3.05) is 80.3 Å². The first-order valence-electron chi connectivity index (χ1n) is 42.1. The van der Waals surface area contributed by atoms with E-state index in [1.54, 1.807) is 51.8 Å². The van der Waals surface area contributed by atoms with Crippen LogP contribution in [-0.2, 0) is 41.8 Å². The number of aromatic nitrogens is 5. The van der Waals surface area contributed by atoms with Crippen molar-refractivity contribution in [3.8, 4) is 86.1 Å². The molecule has 0 bridgehead atoms. The van der Waals surface area contributed by atoms with Crippen LogP contribution in [0.5, 0.6) is 51.7 Å². The number of hydrogen-bond acceptors (Lipinski definition) is 15. The van der Waals surface area contributed by atoms with Gasteiger partial charge < -0.3 is 71.4 Å². The fraction of sp³-hybridized carbons (Fsp3) is 0.299. The third kappa shape index (κ3) is 16.6. The van der Waals surface area contributed by atoms with E-state index in [1.807, 2.05) is 139 Å². The second-order valence-electron chi connectivity index (χ2n) is 32.4. The van der Waals surface area contributed by atoms with E-state index >= 15 is 0 Å². The number of nitrogens with zero attached hydrogens (tertiary/aromatic N) is 10. The Bertz CT molecular complexity index is 6360. The maximum atomic E-state index is 14.0. The molecule has 4 spiro atoms. The second-order valence-corrected chi connectivity index (χ2v) is 32.8. The SMILES string of the molecule is CCOc1cccc(C(=O)N2CCC3(CC2)Oc2cc(Cl)ccc2-n2cccc23)c1.COc1ccc(C(=O)N2CCC3(CC2)Oc2cc(F)ccc2-n2c(C#N)ccc23)cc1C(F)(F)F.COc1ccc(C(=O)N2CCC3(CC2)Oc2ccccc2-n2cccc23)cc1C(F)(F)F.COc1ccc2c(c1)-c1c(cnn1C)C1(CCN(C(=O)c3ccccc3OC(F)F)CC1)O2. The maximum absolute atomic E-state index is 14.0. The fourth-order valence-electron chi connectivity index (χ4n) is 18.7. The summed E-state index contributed by atoms with van der Waals surface area (Å²) in [4.78, 5) is 58.9. The van der Waals surface area contributed by atoms with E-state index in [-0.39, 0.29) is 64.6 Å². The number of methoxy groups -OCH3 is 3. The number of halogens is 10. The number of alkyl halides is 8. The Kier molecular flexibility index (Phi) is 23.9. The third-order valence-corrected chi connectivity index (χ3v) is 25.4. The fourth-order valence-corrected chi connectivity index (χ4v) is 18.8. The van der Waals surface area contributed by atoms with E-state index in [0.717, 1.165) is 106 Å². The number of carbonyl (C=O) groups is 4. The highest BCUT2D eigenvalue weighted by atomic mass is 35.5. The van der Waals surface area contributed by atoms with E-state index < -0.39 is 70.1 Å². The molecular formula is C97H86ClF9N10O13.